The van der Waals surface area contributed by atoms with Gasteiger partial charge in [0.2, 0.25) is 15.9 Å². The van der Waals surface area contributed by atoms with Gasteiger partial charge in [-0.05, 0) is 37.3 Å². The molecule has 0 N–H and O–H groups in total. The zero-order valence-electron chi connectivity index (χ0n) is 20.4. The molecule has 0 spiro atoms. The Balaban J connectivity index is 1.51. The summed E-state index contributed by atoms with van der Waals surface area (Å²) in [5, 5.41) is 0. The second kappa shape index (κ2) is 11.1. The van der Waals surface area contributed by atoms with Crippen molar-refractivity contribution in [1.29, 1.82) is 0 Å². The summed E-state index contributed by atoms with van der Waals surface area (Å²) in [6.45, 7) is 3.30. The topological polar surface area (TPSA) is 70.2 Å². The van der Waals surface area contributed by atoms with Crippen molar-refractivity contribution in [2.45, 2.75) is 18.4 Å². The van der Waals surface area contributed by atoms with Crippen molar-refractivity contribution in [3.05, 3.63) is 89.7 Å². The molecule has 36 heavy (non-hydrogen) atoms. The fourth-order valence-corrected chi connectivity index (χ4v) is 5.61. The molecular formula is C27H30FN3O4S. The minimum atomic E-state index is -4.04. The van der Waals surface area contributed by atoms with Crippen LogP contribution < -0.4 is 9.64 Å². The van der Waals surface area contributed by atoms with E-state index in [1.54, 1.807) is 36.3 Å². The van der Waals surface area contributed by atoms with Gasteiger partial charge in [0.1, 0.15) is 11.6 Å². The number of methoxy groups -OCH3 is 1. The molecule has 1 aliphatic rings. The molecule has 1 saturated heterocycles. The predicted molar refractivity (Wildman–Crippen MR) is 137 cm³/mol. The van der Waals surface area contributed by atoms with Gasteiger partial charge in [0, 0.05) is 38.3 Å². The number of hydrogen-bond acceptors (Lipinski definition) is 5. The van der Waals surface area contributed by atoms with Gasteiger partial charge < -0.3 is 14.5 Å². The van der Waals surface area contributed by atoms with Crippen LogP contribution in [-0.4, -0.2) is 63.4 Å². The second-order valence-corrected chi connectivity index (χ2v) is 10.7. The van der Waals surface area contributed by atoms with Crippen LogP contribution in [0.1, 0.15) is 11.1 Å². The molecule has 3 aromatic rings. The summed E-state index contributed by atoms with van der Waals surface area (Å²) in [5.41, 5.74) is 2.08. The van der Waals surface area contributed by atoms with Crippen LogP contribution in [0.3, 0.4) is 0 Å². The molecule has 1 amide bonds. The average Bonchev–Trinajstić information content (AvgIpc) is 2.89. The van der Waals surface area contributed by atoms with E-state index in [1.807, 2.05) is 31.2 Å². The molecular weight excluding hydrogens is 481 g/mol. The number of aryl methyl sites for hydroxylation is 1. The third-order valence-electron chi connectivity index (χ3n) is 6.33. The van der Waals surface area contributed by atoms with Crippen LogP contribution in [0.5, 0.6) is 5.75 Å². The van der Waals surface area contributed by atoms with Gasteiger partial charge in [0.15, 0.2) is 0 Å². The highest BCUT2D eigenvalue weighted by molar-refractivity contribution is 7.89. The number of sulfonamides is 1. The minimum absolute atomic E-state index is 0.0678. The van der Waals surface area contributed by atoms with Crippen LogP contribution in [0.2, 0.25) is 0 Å². The highest BCUT2D eigenvalue weighted by atomic mass is 32.2. The molecule has 0 atom stereocenters. The summed E-state index contributed by atoms with van der Waals surface area (Å²) >= 11 is 0. The van der Waals surface area contributed by atoms with E-state index in [1.165, 1.54) is 24.3 Å². The maximum absolute atomic E-state index is 14.4. The Morgan fingerprint density at radius 1 is 0.944 bits per heavy atom. The van der Waals surface area contributed by atoms with Crippen LogP contribution >= 0.6 is 0 Å². The Hall–Kier alpha value is -3.43. The van der Waals surface area contributed by atoms with E-state index in [0.717, 1.165) is 21.3 Å². The summed E-state index contributed by atoms with van der Waals surface area (Å²) in [6, 6.07) is 20.1. The first-order valence-electron chi connectivity index (χ1n) is 11.8. The third kappa shape index (κ3) is 5.68. The van der Waals surface area contributed by atoms with Crippen molar-refractivity contribution in [3.8, 4) is 5.75 Å². The standard InChI is InChI=1S/C27H30FN3O4S/c1-21-11-13-23(14-12-21)36(33,34)31(19-22-7-3-4-8-24(22)28)20-27(32)30-17-15-29(16-18-30)25-9-5-6-10-26(25)35-2/h3-14H,15-20H2,1-2H3. The number of anilines is 1. The zero-order valence-corrected chi connectivity index (χ0v) is 21.2. The molecule has 0 saturated carbocycles. The van der Waals surface area contributed by atoms with Gasteiger partial charge in [0.05, 0.1) is 24.2 Å². The maximum atomic E-state index is 14.4. The number of nitrogens with zero attached hydrogens (tertiary/aromatic N) is 3. The number of benzene rings is 3. The van der Waals surface area contributed by atoms with Crippen molar-refractivity contribution < 1.29 is 22.3 Å². The van der Waals surface area contributed by atoms with E-state index in [9.17, 15) is 17.6 Å². The number of piperazine rings is 1. The lowest BCUT2D eigenvalue weighted by Gasteiger charge is -2.37. The van der Waals surface area contributed by atoms with E-state index >= 15 is 0 Å². The summed E-state index contributed by atoms with van der Waals surface area (Å²) in [4.78, 5) is 17.1. The lowest BCUT2D eigenvalue weighted by molar-refractivity contribution is -0.131. The number of carbonyl (C=O) groups excluding carboxylic acids is 1. The van der Waals surface area contributed by atoms with E-state index < -0.39 is 15.8 Å². The van der Waals surface area contributed by atoms with Crippen molar-refractivity contribution in [3.63, 3.8) is 0 Å². The number of para-hydroxylation sites is 2. The average molecular weight is 512 g/mol. The van der Waals surface area contributed by atoms with Gasteiger partial charge in [-0.1, -0.05) is 48.0 Å². The second-order valence-electron chi connectivity index (χ2n) is 8.72. The van der Waals surface area contributed by atoms with Gasteiger partial charge in [-0.15, -0.1) is 0 Å². The smallest absolute Gasteiger partial charge is 0.243 e. The van der Waals surface area contributed by atoms with Crippen molar-refractivity contribution in [2.24, 2.45) is 0 Å². The number of amides is 1. The van der Waals surface area contributed by atoms with Gasteiger partial charge in [-0.25, -0.2) is 12.8 Å². The number of rotatable bonds is 8. The summed E-state index contributed by atoms with van der Waals surface area (Å²) < 4.78 is 47.9. The van der Waals surface area contributed by atoms with Gasteiger partial charge in [-0.2, -0.15) is 4.31 Å². The summed E-state index contributed by atoms with van der Waals surface area (Å²) in [6.07, 6.45) is 0. The third-order valence-corrected chi connectivity index (χ3v) is 8.14. The van der Waals surface area contributed by atoms with Crippen LogP contribution in [0.4, 0.5) is 10.1 Å². The number of ether oxygens (including phenoxy) is 1. The fourth-order valence-electron chi connectivity index (χ4n) is 4.24. The Morgan fingerprint density at radius 3 is 2.25 bits per heavy atom. The molecule has 0 aromatic heterocycles. The molecule has 190 valence electrons. The molecule has 0 bridgehead atoms. The molecule has 1 fully saturated rings. The lowest BCUT2D eigenvalue weighted by atomic mass is 10.2. The SMILES string of the molecule is COc1ccccc1N1CCN(C(=O)CN(Cc2ccccc2F)S(=O)(=O)c2ccc(C)cc2)CC1. The molecule has 0 radical (unpaired) electrons. The van der Waals surface area contributed by atoms with Crippen molar-refractivity contribution in [1.82, 2.24) is 9.21 Å². The maximum Gasteiger partial charge on any atom is 0.243 e. The number of carbonyl (C=O) groups is 1. The lowest BCUT2D eigenvalue weighted by Crippen LogP contribution is -2.51. The minimum Gasteiger partial charge on any atom is -0.495 e. The Bertz CT molecular complexity index is 1310. The van der Waals surface area contributed by atoms with Gasteiger partial charge >= 0.3 is 0 Å². The zero-order chi connectivity index (χ0) is 25.7. The quantitative estimate of drug-likeness (QED) is 0.462. The molecule has 4 rings (SSSR count). The first kappa shape index (κ1) is 25.7. The first-order valence-corrected chi connectivity index (χ1v) is 13.2. The number of hydrogen-bond donors (Lipinski definition) is 0. The van der Waals surface area contributed by atoms with E-state index in [0.29, 0.717) is 26.2 Å². The molecule has 1 heterocycles. The highest BCUT2D eigenvalue weighted by Gasteiger charge is 2.31. The van der Waals surface area contributed by atoms with Crippen LogP contribution in [-0.2, 0) is 21.4 Å². The number of halogens is 1. The largest absolute Gasteiger partial charge is 0.495 e. The fraction of sp³-hybridized carbons (Fsp3) is 0.296. The van der Waals surface area contributed by atoms with Crippen LogP contribution in [0, 0.1) is 12.7 Å². The molecule has 9 heteroatoms. The molecule has 7 nitrogen and oxygen atoms in total. The van der Waals surface area contributed by atoms with E-state index in [2.05, 4.69) is 4.90 Å². The normalized spacial score (nSPS) is 14.2. The van der Waals surface area contributed by atoms with E-state index in [4.69, 9.17) is 4.74 Å². The highest BCUT2D eigenvalue weighted by Crippen LogP contribution is 2.28. The Labute approximate surface area is 211 Å². The summed E-state index contributed by atoms with van der Waals surface area (Å²) in [5.74, 6) is -0.0706. The van der Waals surface area contributed by atoms with Crippen molar-refractivity contribution in [2.75, 3.05) is 44.7 Å². The van der Waals surface area contributed by atoms with Crippen molar-refractivity contribution >= 4 is 21.6 Å². The Morgan fingerprint density at radius 2 is 1.58 bits per heavy atom. The van der Waals surface area contributed by atoms with Gasteiger partial charge in [-0.3, -0.25) is 4.79 Å². The van der Waals surface area contributed by atoms with Crippen LogP contribution in [0.15, 0.2) is 77.7 Å². The predicted octanol–water partition coefficient (Wildman–Crippen LogP) is 3.68. The summed E-state index contributed by atoms with van der Waals surface area (Å²) in [7, 11) is -2.41. The first-order chi connectivity index (χ1) is 17.3. The molecule has 0 unspecified atom stereocenters. The molecule has 0 aliphatic carbocycles. The van der Waals surface area contributed by atoms with Crippen LogP contribution in [0.25, 0.3) is 0 Å². The molecule has 1 aliphatic heterocycles. The Kier molecular flexibility index (Phi) is 7.91. The molecule has 3 aromatic carbocycles. The monoisotopic (exact) mass is 511 g/mol. The van der Waals surface area contributed by atoms with E-state index in [-0.39, 0.29) is 29.5 Å². The van der Waals surface area contributed by atoms with Gasteiger partial charge in [0.25, 0.3) is 0 Å².